The van der Waals surface area contributed by atoms with Gasteiger partial charge in [-0.3, -0.25) is 0 Å². The van der Waals surface area contributed by atoms with E-state index in [1.54, 1.807) is 6.07 Å². The zero-order valence-electron chi connectivity index (χ0n) is 11.9. The molecule has 2 N–H and O–H groups in total. The first-order valence-electron chi connectivity index (χ1n) is 6.36. The number of benzene rings is 1. The van der Waals surface area contributed by atoms with Gasteiger partial charge in [-0.2, -0.15) is 13.2 Å². The van der Waals surface area contributed by atoms with Crippen molar-refractivity contribution in [2.75, 3.05) is 0 Å². The number of nitrogens with two attached hydrogens (primary N) is 1. The molecule has 1 unspecified atom stereocenters. The van der Waals surface area contributed by atoms with Crippen LogP contribution in [-0.2, 0) is 11.6 Å². The minimum absolute atomic E-state index is 0.262. The zero-order valence-corrected chi connectivity index (χ0v) is 12.7. The topological polar surface area (TPSA) is 51.8 Å². The van der Waals surface area contributed by atoms with Crippen LogP contribution in [0.3, 0.4) is 0 Å². The van der Waals surface area contributed by atoms with E-state index in [0.717, 1.165) is 29.4 Å². The van der Waals surface area contributed by atoms with Gasteiger partial charge in [0.1, 0.15) is 0 Å². The van der Waals surface area contributed by atoms with Crippen LogP contribution in [0, 0.1) is 0 Å². The van der Waals surface area contributed by atoms with Crippen LogP contribution in [0.4, 0.5) is 13.2 Å². The van der Waals surface area contributed by atoms with Gasteiger partial charge in [0.25, 0.3) is 0 Å². The van der Waals surface area contributed by atoms with E-state index in [4.69, 9.17) is 5.73 Å². The highest BCUT2D eigenvalue weighted by atomic mass is 32.1. The summed E-state index contributed by atoms with van der Waals surface area (Å²) < 4.78 is 42.2. The summed E-state index contributed by atoms with van der Waals surface area (Å²) in [5.41, 5.74) is 6.29. The van der Waals surface area contributed by atoms with Crippen molar-refractivity contribution >= 4 is 11.5 Å². The second-order valence-electron chi connectivity index (χ2n) is 5.84. The van der Waals surface area contributed by atoms with Crippen LogP contribution in [-0.4, -0.2) is 9.59 Å². The van der Waals surface area contributed by atoms with E-state index in [1.165, 1.54) is 6.07 Å². The first-order chi connectivity index (χ1) is 9.60. The molecule has 1 aromatic carbocycles. The molecule has 1 heterocycles. The Labute approximate surface area is 125 Å². The van der Waals surface area contributed by atoms with E-state index in [1.807, 2.05) is 20.8 Å². The average molecular weight is 315 g/mol. The molecule has 0 aliphatic rings. The van der Waals surface area contributed by atoms with Crippen LogP contribution >= 0.6 is 11.5 Å². The van der Waals surface area contributed by atoms with Crippen molar-refractivity contribution in [3.8, 4) is 0 Å². The number of hydrogen-bond donors (Lipinski definition) is 1. The lowest BCUT2D eigenvalue weighted by Crippen LogP contribution is -2.20. The molecule has 0 radical (unpaired) electrons. The van der Waals surface area contributed by atoms with Crippen molar-refractivity contribution in [3.63, 3.8) is 0 Å². The monoisotopic (exact) mass is 315 g/mol. The Morgan fingerprint density at radius 3 is 2.43 bits per heavy atom. The van der Waals surface area contributed by atoms with Crippen molar-refractivity contribution in [3.05, 3.63) is 46.0 Å². The van der Waals surface area contributed by atoms with Crippen LogP contribution < -0.4 is 5.73 Å². The molecule has 0 saturated carbocycles. The Kier molecular flexibility index (Phi) is 4.08. The summed E-state index contributed by atoms with van der Waals surface area (Å²) in [6.45, 7) is 5.89. The van der Waals surface area contributed by atoms with Crippen LogP contribution in [0.5, 0.6) is 0 Å². The quantitative estimate of drug-likeness (QED) is 0.914. The largest absolute Gasteiger partial charge is 0.416 e. The molecule has 114 valence electrons. The summed E-state index contributed by atoms with van der Waals surface area (Å²) in [6.07, 6.45) is -4.38. The predicted molar refractivity (Wildman–Crippen MR) is 76.1 cm³/mol. The number of rotatable bonds is 2. The number of halogens is 3. The average Bonchev–Trinajstić information content (AvgIpc) is 2.86. The fraction of sp³-hybridized carbons (Fsp3) is 0.429. The highest BCUT2D eigenvalue weighted by Gasteiger charge is 2.32. The second-order valence-corrected chi connectivity index (χ2v) is 6.62. The molecule has 1 atom stereocenters. The maximum absolute atomic E-state index is 12.8. The van der Waals surface area contributed by atoms with Crippen LogP contribution in [0.15, 0.2) is 24.3 Å². The zero-order chi connectivity index (χ0) is 15.8. The van der Waals surface area contributed by atoms with Crippen molar-refractivity contribution < 1.29 is 13.2 Å². The molecule has 0 fully saturated rings. The Balaban J connectivity index is 2.42. The molecule has 2 aromatic rings. The van der Waals surface area contributed by atoms with Gasteiger partial charge in [0, 0.05) is 5.41 Å². The summed E-state index contributed by atoms with van der Waals surface area (Å²) >= 11 is 1.13. The van der Waals surface area contributed by atoms with E-state index in [9.17, 15) is 13.2 Å². The molecule has 3 nitrogen and oxygen atoms in total. The lowest BCUT2D eigenvalue weighted by molar-refractivity contribution is -0.137. The predicted octanol–water partition coefficient (Wildman–Crippen LogP) is 3.90. The maximum atomic E-state index is 12.8. The maximum Gasteiger partial charge on any atom is 0.416 e. The van der Waals surface area contributed by atoms with Gasteiger partial charge in [-0.25, -0.2) is 0 Å². The summed E-state index contributed by atoms with van der Waals surface area (Å²) in [4.78, 5) is 0.696. The van der Waals surface area contributed by atoms with Crippen molar-refractivity contribution in [2.45, 2.75) is 38.4 Å². The van der Waals surface area contributed by atoms with E-state index < -0.39 is 17.8 Å². The second kappa shape index (κ2) is 5.38. The molecule has 21 heavy (non-hydrogen) atoms. The molecule has 0 spiro atoms. The van der Waals surface area contributed by atoms with Gasteiger partial charge < -0.3 is 5.73 Å². The minimum atomic E-state index is -4.38. The molecule has 1 aromatic heterocycles. The van der Waals surface area contributed by atoms with E-state index >= 15 is 0 Å². The number of alkyl halides is 3. The van der Waals surface area contributed by atoms with Crippen LogP contribution in [0.1, 0.15) is 48.5 Å². The first kappa shape index (κ1) is 15.9. The van der Waals surface area contributed by atoms with Gasteiger partial charge in [-0.05, 0) is 29.2 Å². The van der Waals surface area contributed by atoms with Crippen molar-refractivity contribution in [1.82, 2.24) is 9.59 Å². The molecule has 0 aliphatic carbocycles. The van der Waals surface area contributed by atoms with Gasteiger partial charge in [-0.1, -0.05) is 37.4 Å². The smallest absolute Gasteiger partial charge is 0.319 e. The summed E-state index contributed by atoms with van der Waals surface area (Å²) in [7, 11) is 0. The fourth-order valence-corrected chi connectivity index (χ4v) is 2.87. The van der Waals surface area contributed by atoms with E-state index in [0.29, 0.717) is 10.4 Å². The van der Waals surface area contributed by atoms with Gasteiger partial charge in [0.2, 0.25) is 0 Å². The van der Waals surface area contributed by atoms with Crippen LogP contribution in [0.2, 0.25) is 0 Å². The molecule has 0 saturated heterocycles. The SMILES string of the molecule is CC(C)(C)c1nnsc1C(N)c1cccc(C(F)(F)F)c1. The molecular formula is C14H16F3N3S. The van der Waals surface area contributed by atoms with Crippen LogP contribution in [0.25, 0.3) is 0 Å². The van der Waals surface area contributed by atoms with Gasteiger partial charge in [0.05, 0.1) is 22.2 Å². The van der Waals surface area contributed by atoms with Gasteiger partial charge in [-0.15, -0.1) is 5.10 Å². The Hall–Kier alpha value is -1.47. The Morgan fingerprint density at radius 2 is 1.86 bits per heavy atom. The van der Waals surface area contributed by atoms with Gasteiger partial charge in [0.15, 0.2) is 0 Å². The third-order valence-corrected chi connectivity index (χ3v) is 3.89. The van der Waals surface area contributed by atoms with Gasteiger partial charge >= 0.3 is 6.18 Å². The molecule has 0 bridgehead atoms. The fourth-order valence-electron chi connectivity index (χ4n) is 1.98. The number of aromatic nitrogens is 2. The standard InChI is InChI=1S/C14H16F3N3S/c1-13(2,3)12-11(21-20-19-12)10(18)8-5-4-6-9(7-8)14(15,16)17/h4-7,10H,18H2,1-3H3. The highest BCUT2D eigenvalue weighted by Crippen LogP contribution is 2.35. The molecule has 0 aliphatic heterocycles. The normalized spacial score (nSPS) is 14.2. The first-order valence-corrected chi connectivity index (χ1v) is 7.13. The Morgan fingerprint density at radius 1 is 1.19 bits per heavy atom. The molecule has 0 amide bonds. The third-order valence-electron chi connectivity index (χ3n) is 3.08. The summed E-state index contributed by atoms with van der Waals surface area (Å²) in [5.74, 6) is 0. The lowest BCUT2D eigenvalue weighted by Gasteiger charge is -2.20. The van der Waals surface area contributed by atoms with E-state index in [-0.39, 0.29) is 5.41 Å². The highest BCUT2D eigenvalue weighted by molar-refractivity contribution is 7.05. The number of nitrogens with zero attached hydrogens (tertiary/aromatic N) is 2. The van der Waals surface area contributed by atoms with Crippen molar-refractivity contribution in [2.24, 2.45) is 5.73 Å². The van der Waals surface area contributed by atoms with E-state index in [2.05, 4.69) is 9.59 Å². The number of hydrogen-bond acceptors (Lipinski definition) is 4. The summed E-state index contributed by atoms with van der Waals surface area (Å²) in [5, 5.41) is 4.07. The minimum Gasteiger partial charge on any atom is -0.319 e. The third kappa shape index (κ3) is 3.41. The Bertz CT molecular complexity index is 629. The molecule has 2 rings (SSSR count). The molecule has 7 heteroatoms. The summed E-state index contributed by atoms with van der Waals surface area (Å²) in [6, 6.07) is 4.40. The molecular weight excluding hydrogens is 299 g/mol. The lowest BCUT2D eigenvalue weighted by atomic mass is 9.89. The van der Waals surface area contributed by atoms with Crippen molar-refractivity contribution in [1.29, 1.82) is 0 Å².